The average molecular weight is 190 g/mol. The van der Waals surface area contributed by atoms with Gasteiger partial charge in [-0.1, -0.05) is 6.92 Å². The van der Waals surface area contributed by atoms with E-state index in [1.165, 1.54) is 0 Å². The molecule has 0 radical (unpaired) electrons. The molecule has 0 aromatic carbocycles. The lowest BCUT2D eigenvalue weighted by molar-refractivity contribution is 0.167. The Morgan fingerprint density at radius 3 is 2.86 bits per heavy atom. The highest BCUT2D eigenvalue weighted by molar-refractivity contribution is 5.76. The summed E-state index contributed by atoms with van der Waals surface area (Å²) in [4.78, 5) is 7.41. The van der Waals surface area contributed by atoms with Gasteiger partial charge in [-0.05, 0) is 25.1 Å². The fourth-order valence-electron chi connectivity index (χ4n) is 1.48. The smallest absolute Gasteiger partial charge is 0.137 e. The lowest BCUT2D eigenvalue weighted by Crippen LogP contribution is -2.10. The third-order valence-electron chi connectivity index (χ3n) is 2.63. The van der Waals surface area contributed by atoms with E-state index in [2.05, 4.69) is 9.97 Å². The Kier molecular flexibility index (Phi) is 2.25. The van der Waals surface area contributed by atoms with Crippen LogP contribution >= 0.6 is 0 Å². The molecule has 0 spiro atoms. The van der Waals surface area contributed by atoms with Crippen molar-refractivity contribution < 1.29 is 5.11 Å². The molecule has 0 bridgehead atoms. The summed E-state index contributed by atoms with van der Waals surface area (Å²) in [5.74, 6) is 0.115. The summed E-state index contributed by atoms with van der Waals surface area (Å²) in [7, 11) is 0. The molecule has 2 aromatic heterocycles. The van der Waals surface area contributed by atoms with Crippen molar-refractivity contribution in [2.45, 2.75) is 25.9 Å². The van der Waals surface area contributed by atoms with E-state index in [-0.39, 0.29) is 12.0 Å². The van der Waals surface area contributed by atoms with E-state index in [0.29, 0.717) is 0 Å². The molecule has 2 heterocycles. The fourth-order valence-corrected chi connectivity index (χ4v) is 1.48. The Labute approximate surface area is 82.8 Å². The number of pyridine rings is 1. The summed E-state index contributed by atoms with van der Waals surface area (Å²) in [5.41, 5.74) is 1.92. The maximum atomic E-state index is 9.46. The average Bonchev–Trinajstić information content (AvgIpc) is 2.59. The van der Waals surface area contributed by atoms with Crippen molar-refractivity contribution in [1.29, 1.82) is 0 Å². The molecule has 0 amide bonds. The minimum absolute atomic E-state index is 0.115. The van der Waals surface area contributed by atoms with Gasteiger partial charge in [0.05, 0.1) is 6.10 Å². The minimum atomic E-state index is -0.344. The van der Waals surface area contributed by atoms with Gasteiger partial charge in [0, 0.05) is 23.2 Å². The number of aliphatic hydroxyl groups is 1. The lowest BCUT2D eigenvalue weighted by Gasteiger charge is -2.11. The fraction of sp³-hybridized carbons (Fsp3) is 0.364. The van der Waals surface area contributed by atoms with Crippen molar-refractivity contribution in [2.75, 3.05) is 0 Å². The molecule has 0 fully saturated rings. The number of aliphatic hydroxyl groups excluding tert-OH is 1. The molecule has 2 rings (SSSR count). The Morgan fingerprint density at radius 1 is 1.43 bits per heavy atom. The molecule has 3 heteroatoms. The van der Waals surface area contributed by atoms with Crippen LogP contribution in [0, 0.1) is 0 Å². The number of hydrogen-bond donors (Lipinski definition) is 2. The molecular formula is C11H14N2O. The summed E-state index contributed by atoms with van der Waals surface area (Å²) in [6.07, 6.45) is 1.42. The second kappa shape index (κ2) is 3.42. The first kappa shape index (κ1) is 9.21. The van der Waals surface area contributed by atoms with Crippen molar-refractivity contribution >= 4 is 11.0 Å². The highest BCUT2D eigenvalue weighted by Crippen LogP contribution is 2.21. The van der Waals surface area contributed by atoms with Gasteiger partial charge < -0.3 is 10.1 Å². The molecule has 14 heavy (non-hydrogen) atoms. The first-order valence-corrected chi connectivity index (χ1v) is 4.80. The van der Waals surface area contributed by atoms with Gasteiger partial charge >= 0.3 is 0 Å². The number of nitrogens with one attached hydrogen (secondary N) is 1. The van der Waals surface area contributed by atoms with Crippen LogP contribution in [0.3, 0.4) is 0 Å². The van der Waals surface area contributed by atoms with Gasteiger partial charge in [-0.15, -0.1) is 0 Å². The number of rotatable bonds is 2. The van der Waals surface area contributed by atoms with Gasteiger partial charge in [-0.2, -0.15) is 0 Å². The molecule has 0 saturated heterocycles. The van der Waals surface area contributed by atoms with Gasteiger partial charge in [0.15, 0.2) is 0 Å². The van der Waals surface area contributed by atoms with Gasteiger partial charge in [0.1, 0.15) is 5.65 Å². The zero-order valence-corrected chi connectivity index (χ0v) is 8.36. The maximum Gasteiger partial charge on any atom is 0.137 e. The van der Waals surface area contributed by atoms with Gasteiger partial charge in [0.25, 0.3) is 0 Å². The van der Waals surface area contributed by atoms with Crippen molar-refractivity contribution in [3.63, 3.8) is 0 Å². The molecular weight excluding hydrogens is 176 g/mol. The summed E-state index contributed by atoms with van der Waals surface area (Å²) >= 11 is 0. The SMILES string of the molecule is CC(O)C(C)c1cc2cccnc2[nH]1. The predicted octanol–water partition coefficient (Wildman–Crippen LogP) is 2.05. The van der Waals surface area contributed by atoms with Crippen molar-refractivity contribution in [3.05, 3.63) is 30.1 Å². The second-order valence-corrected chi connectivity index (χ2v) is 3.70. The number of hydrogen-bond acceptors (Lipinski definition) is 2. The monoisotopic (exact) mass is 190 g/mol. The Hall–Kier alpha value is -1.35. The standard InChI is InChI=1S/C11H14N2O/c1-7(8(2)14)10-6-9-4-3-5-12-11(9)13-10/h3-8,14H,1-2H3,(H,12,13). The van der Waals surface area contributed by atoms with Gasteiger partial charge in [0.2, 0.25) is 0 Å². The maximum absolute atomic E-state index is 9.46. The van der Waals surface area contributed by atoms with Gasteiger partial charge in [-0.25, -0.2) is 4.98 Å². The first-order chi connectivity index (χ1) is 6.68. The van der Waals surface area contributed by atoms with E-state index < -0.39 is 0 Å². The van der Waals surface area contributed by atoms with Crippen LogP contribution < -0.4 is 0 Å². The Balaban J connectivity index is 2.45. The first-order valence-electron chi connectivity index (χ1n) is 4.80. The Morgan fingerprint density at radius 2 is 2.21 bits per heavy atom. The third kappa shape index (κ3) is 1.51. The number of aromatic nitrogens is 2. The normalized spacial score (nSPS) is 15.6. The van der Waals surface area contributed by atoms with E-state index in [9.17, 15) is 5.11 Å². The van der Waals surface area contributed by atoms with Crippen LogP contribution in [-0.4, -0.2) is 21.2 Å². The van der Waals surface area contributed by atoms with Crippen LogP contribution in [0.2, 0.25) is 0 Å². The number of H-pyrrole nitrogens is 1. The molecule has 0 aliphatic rings. The van der Waals surface area contributed by atoms with E-state index in [1.807, 2.05) is 25.1 Å². The van der Waals surface area contributed by atoms with Crippen LogP contribution in [0.15, 0.2) is 24.4 Å². The molecule has 3 nitrogen and oxygen atoms in total. The zero-order chi connectivity index (χ0) is 10.1. The van der Waals surface area contributed by atoms with Crippen molar-refractivity contribution in [2.24, 2.45) is 0 Å². The van der Waals surface area contributed by atoms with Crippen LogP contribution in [-0.2, 0) is 0 Å². The van der Waals surface area contributed by atoms with E-state index in [0.717, 1.165) is 16.7 Å². The molecule has 2 N–H and O–H groups in total. The van der Waals surface area contributed by atoms with E-state index in [1.54, 1.807) is 13.1 Å². The molecule has 0 aliphatic carbocycles. The minimum Gasteiger partial charge on any atom is -0.393 e. The molecule has 2 atom stereocenters. The molecule has 2 aromatic rings. The van der Waals surface area contributed by atoms with Crippen molar-refractivity contribution in [3.8, 4) is 0 Å². The summed E-state index contributed by atoms with van der Waals surface area (Å²) in [5, 5.41) is 10.6. The Bertz CT molecular complexity index is 401. The second-order valence-electron chi connectivity index (χ2n) is 3.70. The highest BCUT2D eigenvalue weighted by Gasteiger charge is 2.13. The number of aromatic amines is 1. The van der Waals surface area contributed by atoms with E-state index >= 15 is 0 Å². The molecule has 0 saturated carbocycles. The third-order valence-corrected chi connectivity index (χ3v) is 2.63. The highest BCUT2D eigenvalue weighted by atomic mass is 16.3. The number of nitrogens with zero attached hydrogens (tertiary/aromatic N) is 1. The summed E-state index contributed by atoms with van der Waals surface area (Å²) < 4.78 is 0. The van der Waals surface area contributed by atoms with E-state index in [4.69, 9.17) is 0 Å². The summed E-state index contributed by atoms with van der Waals surface area (Å²) in [6.45, 7) is 3.79. The molecule has 74 valence electrons. The quantitative estimate of drug-likeness (QED) is 0.761. The summed E-state index contributed by atoms with van der Waals surface area (Å²) in [6, 6.07) is 5.96. The lowest BCUT2D eigenvalue weighted by atomic mass is 10.0. The van der Waals surface area contributed by atoms with Crippen LogP contribution in [0.1, 0.15) is 25.5 Å². The largest absolute Gasteiger partial charge is 0.393 e. The molecule has 2 unspecified atom stereocenters. The topological polar surface area (TPSA) is 48.9 Å². The number of fused-ring (bicyclic) bond motifs is 1. The van der Waals surface area contributed by atoms with Crippen molar-refractivity contribution in [1.82, 2.24) is 9.97 Å². The zero-order valence-electron chi connectivity index (χ0n) is 8.36. The van der Waals surface area contributed by atoms with Crippen LogP contribution in [0.4, 0.5) is 0 Å². The predicted molar refractivity (Wildman–Crippen MR) is 56.2 cm³/mol. The van der Waals surface area contributed by atoms with Gasteiger partial charge in [-0.3, -0.25) is 0 Å². The van der Waals surface area contributed by atoms with Crippen LogP contribution in [0.5, 0.6) is 0 Å². The molecule has 0 aliphatic heterocycles. The van der Waals surface area contributed by atoms with Crippen LogP contribution in [0.25, 0.3) is 11.0 Å².